The van der Waals surface area contributed by atoms with Crippen LogP contribution in [-0.2, 0) is 16.1 Å². The first kappa shape index (κ1) is 18.4. The van der Waals surface area contributed by atoms with Gasteiger partial charge >= 0.3 is 0 Å². The van der Waals surface area contributed by atoms with Crippen molar-refractivity contribution in [1.82, 2.24) is 15.5 Å². The maximum absolute atomic E-state index is 12.4. The van der Waals surface area contributed by atoms with Gasteiger partial charge in [0.15, 0.2) is 0 Å². The van der Waals surface area contributed by atoms with Crippen LogP contribution in [-0.4, -0.2) is 48.8 Å². The highest BCUT2D eigenvalue weighted by Crippen LogP contribution is 2.30. The van der Waals surface area contributed by atoms with Crippen LogP contribution in [0.1, 0.15) is 35.2 Å². The first-order valence-corrected chi connectivity index (χ1v) is 9.21. The number of hydrogen-bond acceptors (Lipinski definition) is 4. The second kappa shape index (κ2) is 8.31. The number of carbonyl (C=O) groups excluding carboxylic acids is 3. The number of nitrogens with two attached hydrogens (primary N) is 1. The molecule has 1 saturated carbocycles. The van der Waals surface area contributed by atoms with Gasteiger partial charge in [-0.25, -0.2) is 0 Å². The molecule has 0 aromatic heterocycles. The van der Waals surface area contributed by atoms with Crippen LogP contribution in [0, 0.1) is 11.8 Å². The van der Waals surface area contributed by atoms with E-state index in [1.165, 1.54) is 0 Å². The second-order valence-corrected chi connectivity index (χ2v) is 7.02. The molecule has 2 fully saturated rings. The molecule has 0 bridgehead atoms. The van der Waals surface area contributed by atoms with Crippen molar-refractivity contribution in [1.29, 1.82) is 0 Å². The third kappa shape index (κ3) is 4.22. The molecule has 2 aliphatic rings. The Morgan fingerprint density at radius 2 is 2.00 bits per heavy atom. The van der Waals surface area contributed by atoms with Crippen molar-refractivity contribution in [2.75, 3.05) is 26.2 Å². The van der Waals surface area contributed by atoms with Crippen molar-refractivity contribution < 1.29 is 14.4 Å². The van der Waals surface area contributed by atoms with E-state index < -0.39 is 0 Å². The Labute approximate surface area is 153 Å². The number of carbonyl (C=O) groups is 3. The van der Waals surface area contributed by atoms with Gasteiger partial charge in [-0.3, -0.25) is 14.4 Å². The van der Waals surface area contributed by atoms with Crippen LogP contribution in [0.25, 0.3) is 0 Å². The van der Waals surface area contributed by atoms with Gasteiger partial charge < -0.3 is 21.3 Å². The number of amides is 3. The van der Waals surface area contributed by atoms with Crippen LogP contribution < -0.4 is 16.4 Å². The Kier molecular flexibility index (Phi) is 5.88. The largest absolute Gasteiger partial charge is 0.353 e. The van der Waals surface area contributed by atoms with Gasteiger partial charge in [0.25, 0.3) is 5.91 Å². The van der Waals surface area contributed by atoms with Crippen molar-refractivity contribution in [3.8, 4) is 0 Å². The Bertz CT molecular complexity index is 674. The Morgan fingerprint density at radius 1 is 1.23 bits per heavy atom. The molecule has 2 atom stereocenters. The third-order valence-corrected chi connectivity index (χ3v) is 5.29. The van der Waals surface area contributed by atoms with E-state index >= 15 is 0 Å². The second-order valence-electron chi connectivity index (χ2n) is 7.02. The van der Waals surface area contributed by atoms with E-state index in [0.29, 0.717) is 31.7 Å². The summed E-state index contributed by atoms with van der Waals surface area (Å²) in [5.74, 6) is 0.0964. The van der Waals surface area contributed by atoms with Gasteiger partial charge in [0.2, 0.25) is 11.8 Å². The molecule has 7 heteroatoms. The van der Waals surface area contributed by atoms with Crippen LogP contribution in [0.5, 0.6) is 0 Å². The quantitative estimate of drug-likeness (QED) is 0.702. The summed E-state index contributed by atoms with van der Waals surface area (Å²) in [5.41, 5.74) is 7.23. The lowest BCUT2D eigenvalue weighted by Crippen LogP contribution is -2.49. The lowest BCUT2D eigenvalue weighted by atomic mass is 9.95. The summed E-state index contributed by atoms with van der Waals surface area (Å²) in [6.07, 6.45) is 3.00. The first-order chi connectivity index (χ1) is 12.6. The van der Waals surface area contributed by atoms with Gasteiger partial charge in [-0.2, -0.15) is 0 Å². The molecule has 1 saturated heterocycles. The highest BCUT2D eigenvalue weighted by molar-refractivity contribution is 5.97. The maximum atomic E-state index is 12.4. The summed E-state index contributed by atoms with van der Waals surface area (Å²) in [4.78, 5) is 37.7. The molecule has 0 radical (unpaired) electrons. The maximum Gasteiger partial charge on any atom is 0.254 e. The first-order valence-electron chi connectivity index (χ1n) is 9.21. The fourth-order valence-electron chi connectivity index (χ4n) is 3.74. The summed E-state index contributed by atoms with van der Waals surface area (Å²) >= 11 is 0. The summed E-state index contributed by atoms with van der Waals surface area (Å²) < 4.78 is 0. The smallest absolute Gasteiger partial charge is 0.254 e. The van der Waals surface area contributed by atoms with Gasteiger partial charge in [-0.15, -0.1) is 0 Å². The summed E-state index contributed by atoms with van der Waals surface area (Å²) in [6.45, 7) is 2.10. The van der Waals surface area contributed by atoms with Crippen molar-refractivity contribution in [3.05, 3.63) is 35.4 Å². The number of rotatable bonds is 5. The molecule has 1 aliphatic heterocycles. The van der Waals surface area contributed by atoms with Crippen molar-refractivity contribution in [2.45, 2.75) is 25.8 Å². The molecule has 4 N–H and O–H groups in total. The highest BCUT2D eigenvalue weighted by Gasteiger charge is 2.31. The average molecular weight is 358 g/mol. The normalized spacial score (nSPS) is 22.8. The molecule has 1 aromatic rings. The molecule has 3 rings (SSSR count). The zero-order chi connectivity index (χ0) is 18.5. The SMILES string of the molecule is NC[C@H]1CCC[C@H]1C(=O)NCc1ccc(C(=O)N2CCNC(=O)C2)cc1. The topological polar surface area (TPSA) is 105 Å². The molecular formula is C19H26N4O3. The molecular weight excluding hydrogens is 332 g/mol. The monoisotopic (exact) mass is 358 g/mol. The zero-order valence-corrected chi connectivity index (χ0v) is 14.9. The molecule has 0 spiro atoms. The van der Waals surface area contributed by atoms with E-state index in [9.17, 15) is 14.4 Å². The van der Waals surface area contributed by atoms with Crippen LogP contribution in [0.15, 0.2) is 24.3 Å². The highest BCUT2D eigenvalue weighted by atomic mass is 16.2. The van der Waals surface area contributed by atoms with Crippen LogP contribution in [0.4, 0.5) is 0 Å². The molecule has 0 unspecified atom stereocenters. The van der Waals surface area contributed by atoms with Gasteiger partial charge in [0.05, 0.1) is 6.54 Å². The minimum atomic E-state index is -0.146. The van der Waals surface area contributed by atoms with E-state index in [1.807, 2.05) is 12.1 Å². The number of benzene rings is 1. The third-order valence-electron chi connectivity index (χ3n) is 5.29. The molecule has 140 valence electrons. The van der Waals surface area contributed by atoms with E-state index in [4.69, 9.17) is 5.73 Å². The summed E-state index contributed by atoms with van der Waals surface area (Å²) in [7, 11) is 0. The predicted molar refractivity (Wildman–Crippen MR) is 97.1 cm³/mol. The van der Waals surface area contributed by atoms with Gasteiger partial charge in [-0.1, -0.05) is 18.6 Å². The summed E-state index contributed by atoms with van der Waals surface area (Å²) in [5, 5.41) is 5.68. The molecule has 3 amide bonds. The Morgan fingerprint density at radius 3 is 2.69 bits per heavy atom. The number of piperazine rings is 1. The zero-order valence-electron chi connectivity index (χ0n) is 14.9. The van der Waals surface area contributed by atoms with Crippen LogP contribution in [0.2, 0.25) is 0 Å². The predicted octanol–water partition coefficient (Wildman–Crippen LogP) is 0.250. The molecule has 1 aliphatic carbocycles. The molecule has 7 nitrogen and oxygen atoms in total. The number of nitrogens with zero attached hydrogens (tertiary/aromatic N) is 1. The standard InChI is InChI=1S/C19H26N4O3/c20-10-15-2-1-3-16(15)18(25)22-11-13-4-6-14(7-5-13)19(26)23-9-8-21-17(24)12-23/h4-7,15-16H,1-3,8-12,20H2,(H,21,24)(H,22,25)/t15-,16-/m1/s1. The van der Waals surface area contributed by atoms with E-state index in [0.717, 1.165) is 24.8 Å². The van der Waals surface area contributed by atoms with Crippen LogP contribution in [0.3, 0.4) is 0 Å². The lowest BCUT2D eigenvalue weighted by Gasteiger charge is -2.26. The van der Waals surface area contributed by atoms with Crippen molar-refractivity contribution >= 4 is 17.7 Å². The molecule has 1 heterocycles. The van der Waals surface area contributed by atoms with E-state index in [1.54, 1.807) is 17.0 Å². The average Bonchev–Trinajstić information content (AvgIpc) is 3.15. The Balaban J connectivity index is 1.53. The van der Waals surface area contributed by atoms with Gasteiger partial charge in [-0.05, 0) is 43.0 Å². The minimum absolute atomic E-state index is 0.0195. The van der Waals surface area contributed by atoms with Crippen molar-refractivity contribution in [2.24, 2.45) is 17.6 Å². The van der Waals surface area contributed by atoms with E-state index in [2.05, 4.69) is 10.6 Å². The lowest BCUT2D eigenvalue weighted by molar-refractivity contribution is -0.126. The van der Waals surface area contributed by atoms with Gasteiger partial charge in [0, 0.05) is 31.1 Å². The fourth-order valence-corrected chi connectivity index (χ4v) is 3.74. The molecule has 1 aromatic carbocycles. The van der Waals surface area contributed by atoms with Gasteiger partial charge in [0.1, 0.15) is 0 Å². The molecule has 26 heavy (non-hydrogen) atoms. The fraction of sp³-hybridized carbons (Fsp3) is 0.526. The summed E-state index contributed by atoms with van der Waals surface area (Å²) in [6, 6.07) is 7.17. The Hall–Kier alpha value is -2.41. The number of hydrogen-bond donors (Lipinski definition) is 3. The van der Waals surface area contributed by atoms with Crippen molar-refractivity contribution in [3.63, 3.8) is 0 Å². The minimum Gasteiger partial charge on any atom is -0.353 e. The van der Waals surface area contributed by atoms with E-state index in [-0.39, 0.29) is 36.1 Å². The number of nitrogens with one attached hydrogen (secondary N) is 2. The van der Waals surface area contributed by atoms with Crippen LogP contribution >= 0.6 is 0 Å².